The van der Waals surface area contributed by atoms with E-state index >= 15 is 0 Å². The van der Waals surface area contributed by atoms with E-state index in [0.29, 0.717) is 5.71 Å². The number of benzene rings is 6. The molecule has 0 bridgehead atoms. The SMILES string of the molecule is c1ccc2nc3c(nc2c1)oc1ccc(-c2ccc4ccc(-c5cccc6c5sc5ccccc56)cc4c2)cc13. The lowest BCUT2D eigenvalue weighted by Gasteiger charge is -2.08. The standard InChI is InChI=1S/C36H20N2OS/c1-4-11-33-27(6-1)28-8-5-7-26(35(28)40-33)24-15-13-21-12-14-22(18-25(21)19-24)23-16-17-32-29(20-23)34-36(39-32)38-31-10-3-2-9-30(31)37-34/h1-20H. The minimum Gasteiger partial charge on any atom is -0.436 e. The van der Waals surface area contributed by atoms with Crippen LogP contribution in [-0.4, -0.2) is 9.97 Å². The smallest absolute Gasteiger partial charge is 0.246 e. The second-order valence-corrected chi connectivity index (χ2v) is 11.3. The highest BCUT2D eigenvalue weighted by Crippen LogP contribution is 2.41. The molecule has 0 saturated carbocycles. The Kier molecular flexibility index (Phi) is 4.48. The molecule has 0 aliphatic carbocycles. The van der Waals surface area contributed by atoms with Crippen LogP contribution in [0.25, 0.3) is 86.4 Å². The van der Waals surface area contributed by atoms with E-state index in [1.807, 2.05) is 41.7 Å². The van der Waals surface area contributed by atoms with Crippen molar-refractivity contribution in [3.8, 4) is 22.3 Å². The van der Waals surface area contributed by atoms with Gasteiger partial charge >= 0.3 is 0 Å². The predicted octanol–water partition coefficient (Wildman–Crippen LogP) is 10.4. The van der Waals surface area contributed by atoms with Crippen LogP contribution in [0.4, 0.5) is 0 Å². The Morgan fingerprint density at radius 3 is 2.17 bits per heavy atom. The third-order valence-corrected chi connectivity index (χ3v) is 9.09. The lowest BCUT2D eigenvalue weighted by molar-refractivity contribution is 0.655. The Labute approximate surface area is 233 Å². The molecule has 0 spiro atoms. The summed E-state index contributed by atoms with van der Waals surface area (Å²) in [6.07, 6.45) is 0. The minimum atomic E-state index is 0.574. The van der Waals surface area contributed by atoms with Gasteiger partial charge < -0.3 is 4.42 Å². The molecule has 0 N–H and O–H groups in total. The van der Waals surface area contributed by atoms with Crippen molar-refractivity contribution in [1.29, 1.82) is 0 Å². The monoisotopic (exact) mass is 528 g/mol. The first-order valence-electron chi connectivity index (χ1n) is 13.3. The van der Waals surface area contributed by atoms with Gasteiger partial charge in [0.05, 0.1) is 11.0 Å². The number of hydrogen-bond donors (Lipinski definition) is 0. The summed E-state index contributed by atoms with van der Waals surface area (Å²) < 4.78 is 8.74. The number of aromatic nitrogens is 2. The first kappa shape index (κ1) is 21.8. The van der Waals surface area contributed by atoms with Crippen LogP contribution >= 0.6 is 11.3 Å². The average Bonchev–Trinajstić information content (AvgIpc) is 3.57. The van der Waals surface area contributed by atoms with Gasteiger partial charge in [-0.1, -0.05) is 78.9 Å². The number of thiophene rings is 1. The Morgan fingerprint density at radius 2 is 1.25 bits per heavy atom. The predicted molar refractivity (Wildman–Crippen MR) is 168 cm³/mol. The summed E-state index contributed by atoms with van der Waals surface area (Å²) in [6, 6.07) is 43.0. The van der Waals surface area contributed by atoms with Crippen molar-refractivity contribution in [2.45, 2.75) is 0 Å². The van der Waals surface area contributed by atoms with Gasteiger partial charge in [0.25, 0.3) is 0 Å². The molecule has 9 aromatic rings. The molecule has 0 atom stereocenters. The van der Waals surface area contributed by atoms with Gasteiger partial charge in [-0.15, -0.1) is 11.3 Å². The summed E-state index contributed by atoms with van der Waals surface area (Å²) >= 11 is 1.87. The summed E-state index contributed by atoms with van der Waals surface area (Å²) in [5, 5.41) is 6.08. The Bertz CT molecular complexity index is 2450. The van der Waals surface area contributed by atoms with Crippen molar-refractivity contribution in [2.24, 2.45) is 0 Å². The molecule has 0 saturated heterocycles. The highest BCUT2D eigenvalue weighted by atomic mass is 32.1. The van der Waals surface area contributed by atoms with Crippen LogP contribution in [0.1, 0.15) is 0 Å². The normalized spacial score (nSPS) is 12.0. The zero-order valence-electron chi connectivity index (χ0n) is 21.3. The van der Waals surface area contributed by atoms with Crippen molar-refractivity contribution >= 4 is 75.5 Å². The van der Waals surface area contributed by atoms with Crippen LogP contribution < -0.4 is 0 Å². The van der Waals surface area contributed by atoms with Crippen LogP contribution in [0.15, 0.2) is 126 Å². The molecule has 40 heavy (non-hydrogen) atoms. The van der Waals surface area contributed by atoms with Crippen molar-refractivity contribution in [3.63, 3.8) is 0 Å². The molecule has 0 aliphatic rings. The summed E-state index contributed by atoms with van der Waals surface area (Å²) in [6.45, 7) is 0. The van der Waals surface area contributed by atoms with E-state index in [4.69, 9.17) is 14.4 Å². The summed E-state index contributed by atoms with van der Waals surface area (Å²) in [4.78, 5) is 9.58. The van der Waals surface area contributed by atoms with Crippen LogP contribution in [0.5, 0.6) is 0 Å². The molecule has 0 unspecified atom stereocenters. The van der Waals surface area contributed by atoms with Gasteiger partial charge in [-0.3, -0.25) is 0 Å². The van der Waals surface area contributed by atoms with E-state index < -0.39 is 0 Å². The zero-order valence-corrected chi connectivity index (χ0v) is 22.1. The van der Waals surface area contributed by atoms with E-state index in [1.165, 1.54) is 42.1 Å². The topological polar surface area (TPSA) is 38.9 Å². The number of fused-ring (bicyclic) bond motifs is 8. The Hall–Kier alpha value is -5.06. The minimum absolute atomic E-state index is 0.574. The molecule has 3 aromatic heterocycles. The van der Waals surface area contributed by atoms with Gasteiger partial charge in [-0.25, -0.2) is 9.97 Å². The second kappa shape index (κ2) is 8.22. The lowest BCUT2D eigenvalue weighted by atomic mass is 9.96. The molecule has 0 amide bonds. The fourth-order valence-electron chi connectivity index (χ4n) is 5.89. The Morgan fingerprint density at radius 1 is 0.525 bits per heavy atom. The molecule has 0 aliphatic heterocycles. The van der Waals surface area contributed by atoms with E-state index in [9.17, 15) is 0 Å². The lowest BCUT2D eigenvalue weighted by Crippen LogP contribution is -1.84. The number of furan rings is 1. The van der Waals surface area contributed by atoms with Crippen LogP contribution in [0.2, 0.25) is 0 Å². The number of nitrogens with zero attached hydrogens (tertiary/aromatic N) is 2. The quantitative estimate of drug-likeness (QED) is 0.224. The van der Waals surface area contributed by atoms with Gasteiger partial charge in [-0.05, 0) is 75.5 Å². The maximum absolute atomic E-state index is 6.07. The molecule has 6 aromatic carbocycles. The van der Waals surface area contributed by atoms with Crippen molar-refractivity contribution < 1.29 is 4.42 Å². The van der Waals surface area contributed by atoms with Crippen molar-refractivity contribution in [3.05, 3.63) is 121 Å². The maximum atomic E-state index is 6.07. The molecule has 186 valence electrons. The summed E-state index contributed by atoms with van der Waals surface area (Å²) in [5.74, 6) is 0. The Balaban J connectivity index is 1.19. The molecule has 0 fully saturated rings. The van der Waals surface area contributed by atoms with Crippen LogP contribution in [0, 0.1) is 0 Å². The number of para-hydroxylation sites is 2. The highest BCUT2D eigenvalue weighted by molar-refractivity contribution is 7.26. The fraction of sp³-hybridized carbons (Fsp3) is 0. The molecule has 4 heteroatoms. The maximum Gasteiger partial charge on any atom is 0.246 e. The third-order valence-electron chi connectivity index (χ3n) is 7.87. The number of rotatable bonds is 2. The van der Waals surface area contributed by atoms with E-state index in [0.717, 1.165) is 38.6 Å². The molecular weight excluding hydrogens is 508 g/mol. The summed E-state index contributed by atoms with van der Waals surface area (Å²) in [7, 11) is 0. The van der Waals surface area contributed by atoms with Crippen molar-refractivity contribution in [1.82, 2.24) is 9.97 Å². The van der Waals surface area contributed by atoms with E-state index in [1.54, 1.807) is 0 Å². The fourth-order valence-corrected chi connectivity index (χ4v) is 7.12. The first-order chi connectivity index (χ1) is 19.8. The highest BCUT2D eigenvalue weighted by Gasteiger charge is 2.14. The van der Waals surface area contributed by atoms with Gasteiger partial charge in [0.15, 0.2) is 0 Å². The largest absolute Gasteiger partial charge is 0.436 e. The molecule has 3 heterocycles. The van der Waals surface area contributed by atoms with E-state index in [-0.39, 0.29) is 0 Å². The first-order valence-corrected chi connectivity index (χ1v) is 14.1. The van der Waals surface area contributed by atoms with Crippen LogP contribution in [0.3, 0.4) is 0 Å². The van der Waals surface area contributed by atoms with E-state index in [2.05, 4.69) is 91.0 Å². The molecular formula is C36H20N2OS. The molecule has 3 nitrogen and oxygen atoms in total. The zero-order chi connectivity index (χ0) is 26.2. The third kappa shape index (κ3) is 3.23. The number of hydrogen-bond acceptors (Lipinski definition) is 4. The van der Waals surface area contributed by atoms with Crippen LogP contribution in [-0.2, 0) is 0 Å². The van der Waals surface area contributed by atoms with Gasteiger partial charge in [0.1, 0.15) is 11.1 Å². The summed E-state index contributed by atoms with van der Waals surface area (Å²) in [5.41, 5.74) is 8.69. The molecule has 0 radical (unpaired) electrons. The molecule has 9 rings (SSSR count). The van der Waals surface area contributed by atoms with Gasteiger partial charge in [-0.2, -0.15) is 0 Å². The van der Waals surface area contributed by atoms with Crippen molar-refractivity contribution in [2.75, 3.05) is 0 Å². The van der Waals surface area contributed by atoms with Gasteiger partial charge in [0.2, 0.25) is 5.71 Å². The van der Waals surface area contributed by atoms with Gasteiger partial charge in [0, 0.05) is 25.6 Å². The second-order valence-electron chi connectivity index (χ2n) is 10.2. The average molecular weight is 529 g/mol.